The van der Waals surface area contributed by atoms with Gasteiger partial charge in [0.2, 0.25) is 0 Å². The number of aromatic nitrogens is 2. The summed E-state index contributed by atoms with van der Waals surface area (Å²) in [7, 11) is 0. The number of thioether (sulfide) groups is 2. The number of carbonyl (C=O) groups excluding carboxylic acids is 3. The van der Waals surface area contributed by atoms with E-state index in [-0.39, 0.29) is 24.7 Å². The number of halogens is 3. The van der Waals surface area contributed by atoms with Crippen molar-refractivity contribution in [3.63, 3.8) is 0 Å². The van der Waals surface area contributed by atoms with Crippen molar-refractivity contribution in [2.75, 3.05) is 37.7 Å². The van der Waals surface area contributed by atoms with Crippen LogP contribution in [0.3, 0.4) is 0 Å². The Bertz CT molecular complexity index is 1290. The van der Waals surface area contributed by atoms with Gasteiger partial charge in [0.25, 0.3) is 0 Å². The molecule has 0 spiro atoms. The van der Waals surface area contributed by atoms with E-state index in [1.54, 1.807) is 36.0 Å². The maximum atomic E-state index is 12.0. The Morgan fingerprint density at radius 3 is 1.59 bits per heavy atom. The number of amides is 2. The first-order chi connectivity index (χ1) is 22.4. The Labute approximate surface area is 325 Å². The Balaban J connectivity index is 0.000000399. The van der Waals surface area contributed by atoms with Gasteiger partial charge in [-0.3, -0.25) is 4.79 Å². The fourth-order valence-corrected chi connectivity index (χ4v) is 7.15. The average molecular weight is 872 g/mol. The predicted molar refractivity (Wildman–Crippen MR) is 213 cm³/mol. The van der Waals surface area contributed by atoms with E-state index in [0.717, 1.165) is 71.8 Å². The first kappa shape index (κ1) is 45.5. The highest BCUT2D eigenvalue weighted by Crippen LogP contribution is 2.30. The minimum Gasteiger partial charge on any atom is -0.444 e. The zero-order valence-electron chi connectivity index (χ0n) is 29.0. The number of ether oxygens (including phenoxy) is 2. The number of likely N-dealkylation sites (tertiary alicyclic amines) is 2. The Morgan fingerprint density at radius 2 is 1.22 bits per heavy atom. The molecule has 0 N–H and O–H groups in total. The summed E-state index contributed by atoms with van der Waals surface area (Å²) in [6, 6.07) is 7.67. The quantitative estimate of drug-likeness (QED) is 0.165. The van der Waals surface area contributed by atoms with E-state index < -0.39 is 11.2 Å². The van der Waals surface area contributed by atoms with Gasteiger partial charge in [-0.25, -0.2) is 19.6 Å². The molecular weight excluding hydrogens is 818 g/mol. The molecule has 14 heteroatoms. The van der Waals surface area contributed by atoms with E-state index in [9.17, 15) is 14.4 Å². The molecular formula is C35H53Cl2IN4O5S2. The minimum absolute atomic E-state index is 0. The summed E-state index contributed by atoms with van der Waals surface area (Å²) in [5.74, 6) is 3.02. The van der Waals surface area contributed by atoms with Crippen LogP contribution in [0, 0.1) is 15.4 Å². The van der Waals surface area contributed by atoms with Crippen molar-refractivity contribution in [2.24, 2.45) is 11.8 Å². The Hall–Kier alpha value is -1.48. The molecule has 276 valence electrons. The molecule has 0 unspecified atom stereocenters. The summed E-state index contributed by atoms with van der Waals surface area (Å²) in [6.07, 6.45) is 6.87. The van der Waals surface area contributed by atoms with E-state index in [4.69, 9.17) is 32.7 Å². The van der Waals surface area contributed by atoms with Crippen LogP contribution in [0.25, 0.3) is 0 Å². The normalized spacial score (nSPS) is 15.5. The fraction of sp³-hybridized carbons (Fsp3) is 0.629. The molecule has 0 saturated carbocycles. The molecule has 2 aliphatic rings. The zero-order chi connectivity index (χ0) is 35.9. The van der Waals surface area contributed by atoms with Crippen LogP contribution in [-0.2, 0) is 14.3 Å². The van der Waals surface area contributed by atoms with Crippen LogP contribution in [0.2, 0.25) is 10.3 Å². The maximum Gasteiger partial charge on any atom is 0.410 e. The van der Waals surface area contributed by atoms with Gasteiger partial charge in [-0.15, -0.1) is 11.8 Å². The summed E-state index contributed by atoms with van der Waals surface area (Å²) in [5.41, 5.74) is -0.862. The molecule has 4 rings (SSSR count). The summed E-state index contributed by atoms with van der Waals surface area (Å²) in [4.78, 5) is 47.3. The second kappa shape index (κ2) is 22.5. The van der Waals surface area contributed by atoms with Crippen molar-refractivity contribution in [3.05, 3.63) is 50.5 Å². The van der Waals surface area contributed by atoms with Gasteiger partial charge in [-0.2, -0.15) is 0 Å². The molecule has 49 heavy (non-hydrogen) atoms. The average Bonchev–Trinajstić information content (AvgIpc) is 3.00. The van der Waals surface area contributed by atoms with Crippen molar-refractivity contribution in [3.8, 4) is 0 Å². The van der Waals surface area contributed by atoms with E-state index in [2.05, 4.69) is 32.6 Å². The summed E-state index contributed by atoms with van der Waals surface area (Å²) in [6.45, 7) is 15.9. The molecule has 0 radical (unpaired) electrons. The number of carbonyl (C=O) groups is 3. The lowest BCUT2D eigenvalue weighted by molar-refractivity contribution is -0.109. The van der Waals surface area contributed by atoms with E-state index >= 15 is 0 Å². The van der Waals surface area contributed by atoms with Gasteiger partial charge in [0.05, 0.1) is 3.57 Å². The van der Waals surface area contributed by atoms with Crippen LogP contribution in [-0.4, -0.2) is 86.0 Å². The lowest BCUT2D eigenvalue weighted by atomic mass is 9.99. The third-order valence-corrected chi connectivity index (χ3v) is 11.2. The third-order valence-electron chi connectivity index (χ3n) is 6.97. The highest BCUT2D eigenvalue weighted by atomic mass is 127. The topological polar surface area (TPSA) is 102 Å². The first-order valence-corrected chi connectivity index (χ1v) is 19.8. The molecule has 2 aromatic heterocycles. The van der Waals surface area contributed by atoms with Gasteiger partial charge in [0.1, 0.15) is 21.5 Å². The SMILES string of the molecule is C.CC(=O)SCC1CCN(C(=O)OC(C)(C)C)CC1.CC(C)(C)OC(=O)N1CCC(CSc2cccnc2Cl)CC1.Clc1ncccc1I. The third kappa shape index (κ3) is 19.6. The smallest absolute Gasteiger partial charge is 0.410 e. The number of hydrogen-bond donors (Lipinski definition) is 0. The van der Waals surface area contributed by atoms with Crippen LogP contribution in [0.4, 0.5) is 9.59 Å². The molecule has 2 amide bonds. The van der Waals surface area contributed by atoms with Crippen molar-refractivity contribution in [1.82, 2.24) is 19.8 Å². The summed E-state index contributed by atoms with van der Waals surface area (Å²) < 4.78 is 11.7. The van der Waals surface area contributed by atoms with Gasteiger partial charge in [0.15, 0.2) is 5.12 Å². The Morgan fingerprint density at radius 1 is 0.796 bits per heavy atom. The van der Waals surface area contributed by atoms with E-state index in [0.29, 0.717) is 22.1 Å². The second-order valence-corrected chi connectivity index (χ2v) is 17.6. The van der Waals surface area contributed by atoms with E-state index in [1.165, 1.54) is 11.8 Å². The molecule has 0 bridgehead atoms. The standard InChI is InChI=1S/C16H23ClN2O2S.C13H23NO3S.C5H3ClIN.CH4/c1-16(2,3)21-15(20)19-9-6-12(7-10-19)11-22-13-5-4-8-18-14(13)17;1-10(15)18-9-11-5-7-14(8-6-11)12(16)17-13(2,3)4;6-5-4(7)2-1-3-8-5;/h4-5,8,12H,6-7,9-11H2,1-3H3;11H,5-9H2,1-4H3;1-3H;1H4. The lowest BCUT2D eigenvalue weighted by Gasteiger charge is -2.33. The molecule has 0 atom stereocenters. The van der Waals surface area contributed by atoms with Crippen molar-refractivity contribution in [2.45, 2.75) is 97.7 Å². The largest absolute Gasteiger partial charge is 0.444 e. The highest BCUT2D eigenvalue weighted by Gasteiger charge is 2.28. The zero-order valence-corrected chi connectivity index (χ0v) is 34.3. The maximum absolute atomic E-state index is 12.0. The number of pyridine rings is 2. The van der Waals surface area contributed by atoms with Crippen molar-refractivity contribution in [1.29, 1.82) is 0 Å². The van der Waals surface area contributed by atoms with Crippen molar-refractivity contribution >= 4 is 86.6 Å². The molecule has 2 saturated heterocycles. The molecule has 2 fully saturated rings. The molecule has 2 aromatic rings. The summed E-state index contributed by atoms with van der Waals surface area (Å²) in [5, 5.41) is 1.32. The molecule has 0 aliphatic carbocycles. The molecule has 4 heterocycles. The number of hydrogen-bond acceptors (Lipinski definition) is 9. The first-order valence-electron chi connectivity index (χ1n) is 16.0. The van der Waals surface area contributed by atoms with Gasteiger partial charge in [-0.1, -0.05) is 42.4 Å². The summed E-state index contributed by atoms with van der Waals surface area (Å²) >= 11 is 16.9. The van der Waals surface area contributed by atoms with Crippen LogP contribution < -0.4 is 0 Å². The van der Waals surface area contributed by atoms with E-state index in [1.807, 2.05) is 70.7 Å². The number of piperidine rings is 2. The van der Waals surface area contributed by atoms with Crippen molar-refractivity contribution < 1.29 is 23.9 Å². The fourth-order valence-electron chi connectivity index (χ4n) is 4.51. The predicted octanol–water partition coefficient (Wildman–Crippen LogP) is 10.4. The monoisotopic (exact) mass is 870 g/mol. The minimum atomic E-state index is -0.432. The molecule has 9 nitrogen and oxygen atoms in total. The Kier molecular flexibility index (Phi) is 20.9. The van der Waals surface area contributed by atoms with Crippen LogP contribution in [0.1, 0.15) is 81.6 Å². The van der Waals surface area contributed by atoms with Gasteiger partial charge in [0, 0.05) is 61.9 Å². The lowest BCUT2D eigenvalue weighted by Crippen LogP contribution is -2.42. The number of rotatable bonds is 5. The van der Waals surface area contributed by atoms with Gasteiger partial charge in [-0.05, 0) is 126 Å². The second-order valence-electron chi connectivity index (χ2n) is 13.5. The van der Waals surface area contributed by atoms with Crippen LogP contribution in [0.5, 0.6) is 0 Å². The highest BCUT2D eigenvalue weighted by molar-refractivity contribution is 14.1. The van der Waals surface area contributed by atoms with Crippen LogP contribution in [0.15, 0.2) is 41.6 Å². The van der Waals surface area contributed by atoms with Crippen LogP contribution >= 0.6 is 69.3 Å². The van der Waals surface area contributed by atoms with Gasteiger partial charge >= 0.3 is 12.2 Å². The molecule has 2 aliphatic heterocycles. The molecule has 0 aromatic carbocycles. The number of nitrogens with zero attached hydrogens (tertiary/aromatic N) is 4. The van der Waals surface area contributed by atoms with Gasteiger partial charge < -0.3 is 19.3 Å².